The molecule has 0 unspecified atom stereocenters. The summed E-state index contributed by atoms with van der Waals surface area (Å²) in [5.74, 6) is -0.520. The molecular formula is C11H24NO4+. The number of likely N-dealkylation sites (N-methyl/N-ethyl adjacent to an activating group) is 1. The number of rotatable bonds is 7. The summed E-state index contributed by atoms with van der Waals surface area (Å²) < 4.78 is 5.78. The summed E-state index contributed by atoms with van der Waals surface area (Å²) >= 11 is 0. The lowest BCUT2D eigenvalue weighted by Gasteiger charge is -2.27. The van der Waals surface area contributed by atoms with Gasteiger partial charge in [0.1, 0.15) is 18.6 Å². The van der Waals surface area contributed by atoms with E-state index in [4.69, 9.17) is 14.9 Å². The van der Waals surface area contributed by atoms with Gasteiger partial charge in [0.2, 0.25) is 0 Å². The highest BCUT2D eigenvalue weighted by molar-refractivity contribution is 5.77. The fourth-order valence-electron chi connectivity index (χ4n) is 1.11. The average Bonchev–Trinajstić information content (AvgIpc) is 2.19. The monoisotopic (exact) mass is 234 g/mol. The van der Waals surface area contributed by atoms with Crippen LogP contribution in [-0.4, -0.2) is 68.2 Å². The highest BCUT2D eigenvalue weighted by Gasteiger charge is 2.37. The van der Waals surface area contributed by atoms with Crippen molar-refractivity contribution in [3.8, 4) is 0 Å². The highest BCUT2D eigenvalue weighted by atomic mass is 16.5. The van der Waals surface area contributed by atoms with Gasteiger partial charge in [0.25, 0.3) is 0 Å². The number of esters is 1. The van der Waals surface area contributed by atoms with Crippen LogP contribution in [0.25, 0.3) is 0 Å². The Balaban J connectivity index is 4.23. The van der Waals surface area contributed by atoms with Crippen LogP contribution in [0.1, 0.15) is 13.3 Å². The van der Waals surface area contributed by atoms with E-state index in [1.807, 2.05) is 21.1 Å². The van der Waals surface area contributed by atoms with Gasteiger partial charge in [0.05, 0.1) is 34.4 Å². The van der Waals surface area contributed by atoms with Gasteiger partial charge in [-0.05, 0) is 6.42 Å². The molecule has 0 saturated carbocycles. The fraction of sp³-hybridized carbons (Fsp3) is 0.909. The molecule has 0 fully saturated rings. The van der Waals surface area contributed by atoms with Crippen molar-refractivity contribution in [2.24, 2.45) is 5.41 Å². The van der Waals surface area contributed by atoms with Crippen molar-refractivity contribution >= 4 is 5.97 Å². The van der Waals surface area contributed by atoms with E-state index in [-0.39, 0.29) is 13.2 Å². The van der Waals surface area contributed by atoms with E-state index in [1.165, 1.54) is 0 Å². The number of hydrogen-bond donors (Lipinski definition) is 2. The summed E-state index contributed by atoms with van der Waals surface area (Å²) in [7, 11) is 6.00. The zero-order valence-corrected chi connectivity index (χ0v) is 10.7. The second kappa shape index (κ2) is 6.18. The topological polar surface area (TPSA) is 66.8 Å². The van der Waals surface area contributed by atoms with Crippen LogP contribution in [0.4, 0.5) is 0 Å². The molecule has 0 aliphatic rings. The SMILES string of the molecule is CCC(CO)(CO)C(=O)OCC[N+](C)(C)C. The number of carbonyl (C=O) groups excluding carboxylic acids is 1. The van der Waals surface area contributed by atoms with Gasteiger partial charge in [-0.1, -0.05) is 6.92 Å². The Bertz CT molecular complexity index is 210. The zero-order chi connectivity index (χ0) is 12.8. The molecule has 0 rings (SSSR count). The molecule has 0 atom stereocenters. The first-order valence-electron chi connectivity index (χ1n) is 5.51. The molecule has 5 nitrogen and oxygen atoms in total. The number of aliphatic hydroxyl groups excluding tert-OH is 2. The van der Waals surface area contributed by atoms with Crippen LogP contribution < -0.4 is 0 Å². The van der Waals surface area contributed by atoms with Crippen LogP contribution >= 0.6 is 0 Å². The molecule has 0 aliphatic carbocycles. The molecule has 0 amide bonds. The van der Waals surface area contributed by atoms with Gasteiger partial charge in [-0.15, -0.1) is 0 Å². The van der Waals surface area contributed by atoms with Gasteiger partial charge in [-0.3, -0.25) is 4.79 Å². The minimum absolute atomic E-state index is 0.296. The van der Waals surface area contributed by atoms with E-state index in [0.717, 1.165) is 0 Å². The van der Waals surface area contributed by atoms with Gasteiger partial charge in [-0.2, -0.15) is 0 Å². The van der Waals surface area contributed by atoms with Crippen LogP contribution in [0, 0.1) is 5.41 Å². The first-order chi connectivity index (χ1) is 7.31. The maximum atomic E-state index is 11.7. The normalized spacial score (nSPS) is 12.6. The van der Waals surface area contributed by atoms with Crippen LogP contribution in [0.3, 0.4) is 0 Å². The number of aliphatic hydroxyl groups is 2. The van der Waals surface area contributed by atoms with E-state index in [0.29, 0.717) is 24.1 Å². The Morgan fingerprint density at radius 1 is 1.25 bits per heavy atom. The summed E-state index contributed by atoms with van der Waals surface area (Å²) in [6.45, 7) is 1.96. The number of nitrogens with zero attached hydrogens (tertiary/aromatic N) is 1. The van der Waals surface area contributed by atoms with E-state index in [1.54, 1.807) is 6.92 Å². The lowest BCUT2D eigenvalue weighted by molar-refractivity contribution is -0.870. The van der Waals surface area contributed by atoms with Gasteiger partial charge in [0, 0.05) is 0 Å². The molecule has 0 heterocycles. The van der Waals surface area contributed by atoms with E-state index in [9.17, 15) is 4.79 Å². The van der Waals surface area contributed by atoms with Crippen molar-refractivity contribution in [3.05, 3.63) is 0 Å². The minimum Gasteiger partial charge on any atom is -0.459 e. The third kappa shape index (κ3) is 4.47. The smallest absolute Gasteiger partial charge is 0.316 e. The van der Waals surface area contributed by atoms with E-state index >= 15 is 0 Å². The molecule has 0 aliphatic heterocycles. The highest BCUT2D eigenvalue weighted by Crippen LogP contribution is 2.22. The Labute approximate surface area is 97.2 Å². The predicted octanol–water partition coefficient (Wildman–Crippen LogP) is -0.383. The van der Waals surface area contributed by atoms with Gasteiger partial charge in [-0.25, -0.2) is 0 Å². The maximum Gasteiger partial charge on any atom is 0.316 e. The molecule has 0 bridgehead atoms. The van der Waals surface area contributed by atoms with Crippen molar-refractivity contribution < 1.29 is 24.2 Å². The Morgan fingerprint density at radius 2 is 1.75 bits per heavy atom. The van der Waals surface area contributed by atoms with Crippen molar-refractivity contribution in [1.82, 2.24) is 0 Å². The van der Waals surface area contributed by atoms with Crippen LogP contribution in [0.15, 0.2) is 0 Å². The molecule has 0 aromatic carbocycles. The van der Waals surface area contributed by atoms with Crippen LogP contribution in [0.2, 0.25) is 0 Å². The number of hydrogen-bond acceptors (Lipinski definition) is 4. The molecule has 0 aromatic rings. The molecule has 5 heteroatoms. The molecular weight excluding hydrogens is 210 g/mol. The summed E-state index contributed by atoms with van der Waals surface area (Å²) in [6, 6.07) is 0. The fourth-order valence-corrected chi connectivity index (χ4v) is 1.11. The van der Waals surface area contributed by atoms with Gasteiger partial charge < -0.3 is 19.4 Å². The molecule has 0 spiro atoms. The van der Waals surface area contributed by atoms with Gasteiger partial charge in [0.15, 0.2) is 0 Å². The second-order valence-electron chi connectivity index (χ2n) is 5.10. The Kier molecular flexibility index (Phi) is 5.92. The summed E-state index contributed by atoms with van der Waals surface area (Å²) in [5.41, 5.74) is -1.15. The number of carbonyl (C=O) groups is 1. The first-order valence-corrected chi connectivity index (χ1v) is 5.51. The van der Waals surface area contributed by atoms with E-state index in [2.05, 4.69) is 0 Å². The van der Waals surface area contributed by atoms with Crippen LogP contribution in [-0.2, 0) is 9.53 Å². The van der Waals surface area contributed by atoms with Crippen molar-refractivity contribution in [2.45, 2.75) is 13.3 Å². The van der Waals surface area contributed by atoms with Gasteiger partial charge >= 0.3 is 5.97 Å². The van der Waals surface area contributed by atoms with Crippen molar-refractivity contribution in [3.63, 3.8) is 0 Å². The molecule has 0 radical (unpaired) electrons. The molecule has 16 heavy (non-hydrogen) atoms. The number of ether oxygens (including phenoxy) is 1. The maximum absolute atomic E-state index is 11.7. The summed E-state index contributed by atoms with van der Waals surface area (Å²) in [5, 5.41) is 18.3. The third-order valence-electron chi connectivity index (χ3n) is 2.71. The van der Waals surface area contributed by atoms with Crippen molar-refractivity contribution in [1.29, 1.82) is 0 Å². The number of quaternary nitrogens is 1. The summed E-state index contributed by atoms with van der Waals surface area (Å²) in [4.78, 5) is 11.7. The van der Waals surface area contributed by atoms with Crippen LogP contribution in [0.5, 0.6) is 0 Å². The largest absolute Gasteiger partial charge is 0.459 e. The third-order valence-corrected chi connectivity index (χ3v) is 2.71. The first kappa shape index (κ1) is 15.3. The molecule has 0 aromatic heterocycles. The molecule has 96 valence electrons. The quantitative estimate of drug-likeness (QED) is 0.465. The lowest BCUT2D eigenvalue weighted by atomic mass is 9.87. The Hall–Kier alpha value is -0.650. The second-order valence-corrected chi connectivity index (χ2v) is 5.10. The van der Waals surface area contributed by atoms with Crippen molar-refractivity contribution in [2.75, 3.05) is 47.5 Å². The average molecular weight is 234 g/mol. The lowest BCUT2D eigenvalue weighted by Crippen LogP contribution is -2.42. The predicted molar refractivity (Wildman–Crippen MR) is 60.8 cm³/mol. The standard InChI is InChI=1S/C11H24NO4/c1-5-11(8-13,9-14)10(15)16-7-6-12(2,3)4/h13-14H,5-9H2,1-4H3/q+1. The molecule has 0 saturated heterocycles. The minimum atomic E-state index is -1.15. The molecule has 2 N–H and O–H groups in total. The summed E-state index contributed by atoms with van der Waals surface area (Å²) in [6.07, 6.45) is 0.364. The Morgan fingerprint density at radius 3 is 2.06 bits per heavy atom. The van der Waals surface area contributed by atoms with E-state index < -0.39 is 11.4 Å². The zero-order valence-electron chi connectivity index (χ0n) is 10.7.